The van der Waals surface area contributed by atoms with Crippen LogP contribution < -0.4 is 10.6 Å². The number of nitrogens with one attached hydrogen (secondary N) is 2. The Morgan fingerprint density at radius 1 is 1.00 bits per heavy atom. The van der Waals surface area contributed by atoms with E-state index in [1.54, 1.807) is 0 Å². The summed E-state index contributed by atoms with van der Waals surface area (Å²) in [4.78, 5) is 21.3. The molecule has 0 radical (unpaired) electrons. The monoisotopic (exact) mass is 254 g/mol. The first-order chi connectivity index (χ1) is 8.69. The highest BCUT2D eigenvalue weighted by Crippen LogP contribution is 2.44. The van der Waals surface area contributed by atoms with E-state index in [2.05, 4.69) is 24.5 Å². The molecule has 1 saturated carbocycles. The van der Waals surface area contributed by atoms with Crippen LogP contribution in [-0.4, -0.2) is 24.9 Å². The average Bonchev–Trinajstić information content (AvgIpc) is 2.30. The Bertz CT molecular complexity index is 243. The minimum absolute atomic E-state index is 0.201. The Balaban J connectivity index is 2.78. The molecule has 1 rings (SSSR count). The fourth-order valence-electron chi connectivity index (χ4n) is 3.68. The second-order valence-corrected chi connectivity index (χ2v) is 5.61. The predicted octanol–water partition coefficient (Wildman–Crippen LogP) is 1.99. The van der Waals surface area contributed by atoms with Crippen molar-refractivity contribution in [1.29, 1.82) is 0 Å². The van der Waals surface area contributed by atoms with Crippen molar-refractivity contribution >= 4 is 12.8 Å². The van der Waals surface area contributed by atoms with Crippen LogP contribution in [0.4, 0.5) is 0 Å². The Labute approximate surface area is 110 Å². The molecule has 0 aromatic carbocycles. The molecule has 0 heterocycles. The van der Waals surface area contributed by atoms with Crippen molar-refractivity contribution in [2.24, 2.45) is 5.41 Å². The zero-order valence-electron chi connectivity index (χ0n) is 11.6. The van der Waals surface area contributed by atoms with Gasteiger partial charge in [0, 0.05) is 12.1 Å². The average molecular weight is 254 g/mol. The molecule has 18 heavy (non-hydrogen) atoms. The molecule has 2 atom stereocenters. The third-order valence-electron chi connectivity index (χ3n) is 4.10. The SMILES string of the molecule is CCCC1(CCC)CC(NC=O)CC(NC=O)C1. The summed E-state index contributed by atoms with van der Waals surface area (Å²) >= 11 is 0. The fourth-order valence-corrected chi connectivity index (χ4v) is 3.68. The second kappa shape index (κ2) is 7.39. The van der Waals surface area contributed by atoms with Crippen molar-refractivity contribution in [2.75, 3.05) is 0 Å². The van der Waals surface area contributed by atoms with Gasteiger partial charge in [0.25, 0.3) is 0 Å². The fraction of sp³-hybridized carbons (Fsp3) is 0.857. The summed E-state index contributed by atoms with van der Waals surface area (Å²) in [5.41, 5.74) is 0.281. The summed E-state index contributed by atoms with van der Waals surface area (Å²) in [6, 6.07) is 0.401. The van der Waals surface area contributed by atoms with E-state index < -0.39 is 0 Å². The number of hydrogen-bond donors (Lipinski definition) is 2. The van der Waals surface area contributed by atoms with Crippen LogP contribution in [0, 0.1) is 5.41 Å². The first-order valence-corrected chi connectivity index (χ1v) is 7.09. The van der Waals surface area contributed by atoms with Gasteiger partial charge in [-0.05, 0) is 37.5 Å². The van der Waals surface area contributed by atoms with Gasteiger partial charge in [0.2, 0.25) is 12.8 Å². The van der Waals surface area contributed by atoms with Gasteiger partial charge in [-0.2, -0.15) is 0 Å². The lowest BCUT2D eigenvalue weighted by Crippen LogP contribution is -2.48. The highest BCUT2D eigenvalue weighted by Gasteiger charge is 2.39. The van der Waals surface area contributed by atoms with Gasteiger partial charge in [-0.25, -0.2) is 0 Å². The van der Waals surface area contributed by atoms with E-state index in [4.69, 9.17) is 0 Å². The van der Waals surface area contributed by atoms with E-state index in [0.29, 0.717) is 0 Å². The van der Waals surface area contributed by atoms with Gasteiger partial charge in [0.1, 0.15) is 0 Å². The Morgan fingerprint density at radius 2 is 1.44 bits per heavy atom. The lowest BCUT2D eigenvalue weighted by Gasteiger charge is -2.44. The van der Waals surface area contributed by atoms with Crippen LogP contribution >= 0.6 is 0 Å². The molecule has 104 valence electrons. The molecule has 1 fully saturated rings. The van der Waals surface area contributed by atoms with Gasteiger partial charge in [-0.3, -0.25) is 9.59 Å². The van der Waals surface area contributed by atoms with E-state index in [1.807, 2.05) is 0 Å². The van der Waals surface area contributed by atoms with Crippen LogP contribution in [0.5, 0.6) is 0 Å². The van der Waals surface area contributed by atoms with Crippen molar-refractivity contribution in [1.82, 2.24) is 10.6 Å². The molecule has 0 aliphatic heterocycles. The summed E-state index contributed by atoms with van der Waals surface area (Å²) < 4.78 is 0. The maximum absolute atomic E-state index is 10.7. The normalized spacial score (nSPS) is 26.3. The van der Waals surface area contributed by atoms with E-state index >= 15 is 0 Å². The summed E-state index contributed by atoms with van der Waals surface area (Å²) in [5.74, 6) is 0. The third kappa shape index (κ3) is 4.00. The number of carbonyl (C=O) groups excluding carboxylic acids is 2. The van der Waals surface area contributed by atoms with Crippen LogP contribution in [0.1, 0.15) is 58.8 Å². The zero-order chi connectivity index (χ0) is 13.4. The molecule has 0 spiro atoms. The molecule has 1 aliphatic carbocycles. The number of hydrogen-bond acceptors (Lipinski definition) is 2. The smallest absolute Gasteiger partial charge is 0.207 e. The minimum Gasteiger partial charge on any atom is -0.356 e. The van der Waals surface area contributed by atoms with Gasteiger partial charge in [-0.1, -0.05) is 26.7 Å². The summed E-state index contributed by atoms with van der Waals surface area (Å²) in [5, 5.41) is 5.82. The van der Waals surface area contributed by atoms with Gasteiger partial charge < -0.3 is 10.6 Å². The Kier molecular flexibility index (Phi) is 6.16. The van der Waals surface area contributed by atoms with E-state index in [-0.39, 0.29) is 17.5 Å². The number of rotatable bonds is 8. The molecular formula is C14H26N2O2. The third-order valence-corrected chi connectivity index (χ3v) is 4.10. The van der Waals surface area contributed by atoms with Crippen molar-refractivity contribution in [3.63, 3.8) is 0 Å². The molecule has 0 saturated heterocycles. The molecule has 0 bridgehead atoms. The van der Waals surface area contributed by atoms with Crippen LogP contribution in [0.25, 0.3) is 0 Å². The van der Waals surface area contributed by atoms with Crippen molar-refractivity contribution in [3.05, 3.63) is 0 Å². The van der Waals surface area contributed by atoms with Crippen LogP contribution in [0.2, 0.25) is 0 Å². The molecule has 0 aromatic heterocycles. The summed E-state index contributed by atoms with van der Waals surface area (Å²) in [7, 11) is 0. The van der Waals surface area contributed by atoms with Gasteiger partial charge in [-0.15, -0.1) is 0 Å². The van der Waals surface area contributed by atoms with E-state index in [0.717, 1.165) is 44.9 Å². The van der Waals surface area contributed by atoms with Gasteiger partial charge >= 0.3 is 0 Å². The lowest BCUT2D eigenvalue weighted by molar-refractivity contribution is -0.111. The molecule has 0 aromatic rings. The maximum Gasteiger partial charge on any atom is 0.207 e. The zero-order valence-corrected chi connectivity index (χ0v) is 11.6. The molecule has 4 nitrogen and oxygen atoms in total. The largest absolute Gasteiger partial charge is 0.356 e. The minimum atomic E-state index is 0.201. The summed E-state index contributed by atoms with van der Waals surface area (Å²) in [6.07, 6.45) is 9.18. The molecule has 1 aliphatic rings. The Morgan fingerprint density at radius 3 is 1.78 bits per heavy atom. The Hall–Kier alpha value is -1.06. The predicted molar refractivity (Wildman–Crippen MR) is 72.1 cm³/mol. The van der Waals surface area contributed by atoms with Crippen molar-refractivity contribution in [2.45, 2.75) is 70.9 Å². The van der Waals surface area contributed by atoms with Crippen LogP contribution in [-0.2, 0) is 9.59 Å². The first-order valence-electron chi connectivity index (χ1n) is 7.09. The summed E-state index contributed by atoms with van der Waals surface area (Å²) in [6.45, 7) is 4.41. The first kappa shape index (κ1) is 15.0. The maximum atomic E-state index is 10.7. The molecule has 2 amide bonds. The number of amides is 2. The van der Waals surface area contributed by atoms with Crippen molar-refractivity contribution < 1.29 is 9.59 Å². The van der Waals surface area contributed by atoms with Gasteiger partial charge in [0.05, 0.1) is 0 Å². The molecule has 2 unspecified atom stereocenters. The quantitative estimate of drug-likeness (QED) is 0.651. The number of carbonyl (C=O) groups is 2. The van der Waals surface area contributed by atoms with E-state index in [1.165, 1.54) is 12.8 Å². The standard InChI is InChI=1S/C14H26N2O2/c1-3-5-14(6-4-2)8-12(15-10-17)7-13(9-14)16-11-18/h10-13H,3-9H2,1-2H3,(H,15,17)(H,16,18). The molecule has 4 heteroatoms. The van der Waals surface area contributed by atoms with E-state index in [9.17, 15) is 9.59 Å². The second-order valence-electron chi connectivity index (χ2n) is 5.61. The lowest BCUT2D eigenvalue weighted by atomic mass is 9.65. The topological polar surface area (TPSA) is 58.2 Å². The highest BCUT2D eigenvalue weighted by atomic mass is 16.1. The van der Waals surface area contributed by atoms with Gasteiger partial charge in [0.15, 0.2) is 0 Å². The molecular weight excluding hydrogens is 228 g/mol. The van der Waals surface area contributed by atoms with Crippen molar-refractivity contribution in [3.8, 4) is 0 Å². The highest BCUT2D eigenvalue weighted by molar-refractivity contribution is 5.48. The molecule has 2 N–H and O–H groups in total. The van der Waals surface area contributed by atoms with Crippen LogP contribution in [0.15, 0.2) is 0 Å². The van der Waals surface area contributed by atoms with Crippen LogP contribution in [0.3, 0.4) is 0 Å².